The first kappa shape index (κ1) is 20.2. The maximum atomic E-state index is 13.1. The van der Waals surface area contributed by atoms with E-state index in [2.05, 4.69) is 10.6 Å². The average Bonchev–Trinajstić information content (AvgIpc) is 3.14. The van der Waals surface area contributed by atoms with Crippen LogP contribution >= 0.6 is 0 Å². The molecule has 0 aliphatic carbocycles. The monoisotopic (exact) mass is 414 g/mol. The highest BCUT2D eigenvalue weighted by Gasteiger charge is 2.23. The van der Waals surface area contributed by atoms with E-state index in [0.29, 0.717) is 40.3 Å². The third-order valence-corrected chi connectivity index (χ3v) is 4.79. The molecule has 6 nitrogen and oxygen atoms in total. The number of aryl methyl sites for hydroxylation is 1. The number of anilines is 2. The summed E-state index contributed by atoms with van der Waals surface area (Å²) in [5.41, 5.74) is 2.89. The number of para-hydroxylation sites is 3. The fraction of sp³-hybridized carbons (Fsp3) is 0.120. The Morgan fingerprint density at radius 2 is 1.58 bits per heavy atom. The minimum absolute atomic E-state index is 0.0213. The van der Waals surface area contributed by atoms with Crippen LogP contribution in [0.1, 0.15) is 33.4 Å². The van der Waals surface area contributed by atoms with E-state index in [9.17, 15) is 9.59 Å². The van der Waals surface area contributed by atoms with Crippen LogP contribution in [0, 0.1) is 6.92 Å². The zero-order valence-corrected chi connectivity index (χ0v) is 17.3. The second-order valence-electron chi connectivity index (χ2n) is 7.01. The Morgan fingerprint density at radius 1 is 0.871 bits per heavy atom. The van der Waals surface area contributed by atoms with Crippen LogP contribution < -0.4 is 15.4 Å². The smallest absolute Gasteiger partial charge is 0.293 e. The number of hydrogen-bond donors (Lipinski definition) is 2. The van der Waals surface area contributed by atoms with Crippen molar-refractivity contribution < 1.29 is 18.7 Å². The van der Waals surface area contributed by atoms with Crippen LogP contribution in [0.3, 0.4) is 0 Å². The van der Waals surface area contributed by atoms with Gasteiger partial charge in [0.05, 0.1) is 12.3 Å². The lowest BCUT2D eigenvalue weighted by molar-refractivity contribution is 0.0999. The van der Waals surface area contributed by atoms with Crippen molar-refractivity contribution in [2.75, 3.05) is 17.2 Å². The molecule has 1 heterocycles. The van der Waals surface area contributed by atoms with Crippen LogP contribution in [0.4, 0.5) is 11.4 Å². The summed E-state index contributed by atoms with van der Waals surface area (Å²) in [4.78, 5) is 25.9. The number of fused-ring (bicyclic) bond motifs is 1. The van der Waals surface area contributed by atoms with Gasteiger partial charge >= 0.3 is 0 Å². The van der Waals surface area contributed by atoms with Gasteiger partial charge in [0.1, 0.15) is 17.0 Å². The van der Waals surface area contributed by atoms with Crippen LogP contribution in [0.5, 0.6) is 5.75 Å². The van der Waals surface area contributed by atoms with E-state index in [1.54, 1.807) is 42.5 Å². The molecule has 156 valence electrons. The highest BCUT2D eigenvalue weighted by molar-refractivity contribution is 6.17. The minimum Gasteiger partial charge on any atom is -0.492 e. The van der Waals surface area contributed by atoms with Crippen molar-refractivity contribution in [3.8, 4) is 5.75 Å². The number of nitrogens with one attached hydrogen (secondary N) is 2. The number of benzene rings is 3. The third-order valence-electron chi connectivity index (χ3n) is 4.79. The molecule has 0 spiro atoms. The van der Waals surface area contributed by atoms with Crippen molar-refractivity contribution in [2.24, 2.45) is 0 Å². The van der Waals surface area contributed by atoms with E-state index in [0.717, 1.165) is 5.56 Å². The number of carbonyl (C=O) groups is 2. The molecule has 1 aromatic heterocycles. The predicted molar refractivity (Wildman–Crippen MR) is 121 cm³/mol. The maximum absolute atomic E-state index is 13.1. The summed E-state index contributed by atoms with van der Waals surface area (Å²) in [6.45, 7) is 4.29. The van der Waals surface area contributed by atoms with Crippen molar-refractivity contribution in [3.63, 3.8) is 0 Å². The summed E-state index contributed by atoms with van der Waals surface area (Å²) in [6.07, 6.45) is 0. The zero-order chi connectivity index (χ0) is 21.8. The molecule has 2 amide bonds. The van der Waals surface area contributed by atoms with Gasteiger partial charge in [-0.25, -0.2) is 0 Å². The normalized spacial score (nSPS) is 10.6. The fourth-order valence-electron chi connectivity index (χ4n) is 3.25. The van der Waals surface area contributed by atoms with Gasteiger partial charge in [-0.3, -0.25) is 9.59 Å². The van der Waals surface area contributed by atoms with Crippen LogP contribution in [0.25, 0.3) is 11.0 Å². The Bertz CT molecular complexity index is 1240. The van der Waals surface area contributed by atoms with Crippen LogP contribution in [0.2, 0.25) is 0 Å². The van der Waals surface area contributed by atoms with Crippen LogP contribution in [-0.2, 0) is 0 Å². The first-order valence-corrected chi connectivity index (χ1v) is 9.99. The summed E-state index contributed by atoms with van der Waals surface area (Å²) in [6, 6.07) is 21.5. The van der Waals surface area contributed by atoms with Crippen molar-refractivity contribution in [3.05, 3.63) is 89.7 Å². The second kappa shape index (κ2) is 8.75. The Balaban J connectivity index is 1.69. The number of amides is 2. The average molecular weight is 414 g/mol. The molecule has 0 aliphatic rings. The summed E-state index contributed by atoms with van der Waals surface area (Å²) in [7, 11) is 0. The van der Waals surface area contributed by atoms with Gasteiger partial charge in [0.25, 0.3) is 11.8 Å². The summed E-state index contributed by atoms with van der Waals surface area (Å²) in [5, 5.41) is 6.32. The van der Waals surface area contributed by atoms with E-state index in [4.69, 9.17) is 9.15 Å². The van der Waals surface area contributed by atoms with Crippen molar-refractivity contribution >= 4 is 34.2 Å². The Kier molecular flexibility index (Phi) is 5.71. The lowest BCUT2D eigenvalue weighted by atomic mass is 10.1. The number of rotatable bonds is 6. The standard InChI is InChI=1S/C25H22N2O4/c1-3-30-21-11-7-5-9-19(21)26-25(29)23-22(18-8-4-6-10-20(18)31-23)27-24(28)17-14-12-16(2)13-15-17/h4-15H,3H2,1-2H3,(H,26,29)(H,27,28). The van der Waals surface area contributed by atoms with Gasteiger partial charge < -0.3 is 19.8 Å². The maximum Gasteiger partial charge on any atom is 0.293 e. The van der Waals surface area contributed by atoms with E-state index in [-0.39, 0.29) is 11.7 Å². The van der Waals surface area contributed by atoms with Crippen LogP contribution in [-0.4, -0.2) is 18.4 Å². The molecular weight excluding hydrogens is 392 g/mol. The van der Waals surface area contributed by atoms with Gasteiger partial charge in [-0.15, -0.1) is 0 Å². The van der Waals surface area contributed by atoms with E-state index < -0.39 is 5.91 Å². The second-order valence-corrected chi connectivity index (χ2v) is 7.01. The van der Waals surface area contributed by atoms with Gasteiger partial charge in [-0.05, 0) is 50.2 Å². The molecule has 4 rings (SSSR count). The number of carbonyl (C=O) groups excluding carboxylic acids is 2. The van der Waals surface area contributed by atoms with Gasteiger partial charge in [0, 0.05) is 10.9 Å². The predicted octanol–water partition coefficient (Wildman–Crippen LogP) is 5.64. The topological polar surface area (TPSA) is 80.6 Å². The fourth-order valence-corrected chi connectivity index (χ4v) is 3.25. The first-order chi connectivity index (χ1) is 15.1. The molecule has 0 unspecified atom stereocenters. The summed E-state index contributed by atoms with van der Waals surface area (Å²) >= 11 is 0. The molecule has 0 atom stereocenters. The molecule has 0 radical (unpaired) electrons. The minimum atomic E-state index is -0.484. The van der Waals surface area contributed by atoms with Crippen LogP contribution in [0.15, 0.2) is 77.2 Å². The number of hydrogen-bond acceptors (Lipinski definition) is 4. The molecule has 2 N–H and O–H groups in total. The lowest BCUT2D eigenvalue weighted by Crippen LogP contribution is -2.17. The highest BCUT2D eigenvalue weighted by Crippen LogP contribution is 2.33. The number of ether oxygens (including phenoxy) is 1. The zero-order valence-electron chi connectivity index (χ0n) is 17.3. The van der Waals surface area contributed by atoms with Gasteiger partial charge in [0.15, 0.2) is 0 Å². The quantitative estimate of drug-likeness (QED) is 0.428. The molecule has 4 aromatic rings. The molecule has 6 heteroatoms. The lowest BCUT2D eigenvalue weighted by Gasteiger charge is -2.11. The summed E-state index contributed by atoms with van der Waals surface area (Å²) < 4.78 is 11.4. The van der Waals surface area contributed by atoms with Gasteiger partial charge in [-0.2, -0.15) is 0 Å². The third kappa shape index (κ3) is 4.28. The van der Waals surface area contributed by atoms with Gasteiger partial charge in [0.2, 0.25) is 5.76 Å². The SMILES string of the molecule is CCOc1ccccc1NC(=O)c1oc2ccccc2c1NC(=O)c1ccc(C)cc1. The molecule has 0 aliphatic heterocycles. The molecule has 3 aromatic carbocycles. The molecule has 0 saturated heterocycles. The largest absolute Gasteiger partial charge is 0.492 e. The molecule has 0 fully saturated rings. The highest BCUT2D eigenvalue weighted by atomic mass is 16.5. The summed E-state index contributed by atoms with van der Waals surface area (Å²) in [5.74, 6) is -0.231. The van der Waals surface area contributed by atoms with E-state index >= 15 is 0 Å². The van der Waals surface area contributed by atoms with E-state index in [1.807, 2.05) is 44.2 Å². The van der Waals surface area contributed by atoms with Crippen molar-refractivity contribution in [1.29, 1.82) is 0 Å². The van der Waals surface area contributed by atoms with Gasteiger partial charge in [-0.1, -0.05) is 42.0 Å². The number of furan rings is 1. The van der Waals surface area contributed by atoms with E-state index in [1.165, 1.54) is 0 Å². The molecule has 0 bridgehead atoms. The Hall–Kier alpha value is -4.06. The molecular formula is C25H22N2O4. The Morgan fingerprint density at radius 3 is 2.35 bits per heavy atom. The first-order valence-electron chi connectivity index (χ1n) is 9.99. The van der Waals surface area contributed by atoms with Crippen molar-refractivity contribution in [1.82, 2.24) is 0 Å². The molecule has 31 heavy (non-hydrogen) atoms. The Labute approximate surface area is 179 Å². The van der Waals surface area contributed by atoms with Crippen molar-refractivity contribution in [2.45, 2.75) is 13.8 Å². The molecule has 0 saturated carbocycles.